The van der Waals surface area contributed by atoms with E-state index in [0.29, 0.717) is 12.5 Å². The molecule has 0 saturated heterocycles. The molecule has 1 aromatic rings. The Morgan fingerprint density at radius 1 is 1.25 bits per heavy atom. The lowest BCUT2D eigenvalue weighted by molar-refractivity contribution is -0.120. The van der Waals surface area contributed by atoms with E-state index in [1.54, 1.807) is 0 Å². The first-order valence-electron chi connectivity index (χ1n) is 8.50. The number of halogens is 2. The van der Waals surface area contributed by atoms with Crippen molar-refractivity contribution in [3.63, 3.8) is 0 Å². The van der Waals surface area contributed by atoms with Gasteiger partial charge < -0.3 is 11.1 Å². The highest BCUT2D eigenvalue weighted by atomic mass is 35.5. The first-order chi connectivity index (χ1) is 10.7. The average Bonchev–Trinajstić information content (AvgIpc) is 3.01. The average molecular weight is 376 g/mol. The van der Waals surface area contributed by atoms with Crippen molar-refractivity contribution in [1.29, 1.82) is 0 Å². The summed E-state index contributed by atoms with van der Waals surface area (Å²) < 4.78 is 0. The molecule has 1 aliphatic rings. The Labute approximate surface area is 158 Å². The maximum atomic E-state index is 12.5. The zero-order chi connectivity index (χ0) is 15.9. The number of carbonyl (C=O) groups is 1. The van der Waals surface area contributed by atoms with Gasteiger partial charge in [0.25, 0.3) is 0 Å². The molecular formula is C18H31Cl2N3O. The summed E-state index contributed by atoms with van der Waals surface area (Å²) in [5.74, 6) is 0.559. The van der Waals surface area contributed by atoms with Gasteiger partial charge in [-0.2, -0.15) is 0 Å². The number of hydrogen-bond donors (Lipinski definition) is 2. The van der Waals surface area contributed by atoms with Crippen molar-refractivity contribution in [3.05, 3.63) is 29.8 Å². The van der Waals surface area contributed by atoms with E-state index in [-0.39, 0.29) is 36.6 Å². The topological polar surface area (TPSA) is 58.4 Å². The van der Waals surface area contributed by atoms with E-state index in [2.05, 4.69) is 36.2 Å². The van der Waals surface area contributed by atoms with Crippen LogP contribution in [0.25, 0.3) is 0 Å². The van der Waals surface area contributed by atoms with Crippen LogP contribution in [0.3, 0.4) is 0 Å². The number of carbonyl (C=O) groups excluding carboxylic acids is 1. The largest absolute Gasteiger partial charge is 0.330 e. The number of benzene rings is 1. The van der Waals surface area contributed by atoms with Crippen molar-refractivity contribution in [2.75, 3.05) is 25.0 Å². The highest BCUT2D eigenvalue weighted by molar-refractivity contribution is 5.93. The van der Waals surface area contributed by atoms with Crippen LogP contribution in [0.15, 0.2) is 24.3 Å². The van der Waals surface area contributed by atoms with E-state index < -0.39 is 0 Å². The van der Waals surface area contributed by atoms with Gasteiger partial charge in [0.2, 0.25) is 5.91 Å². The molecule has 0 spiro atoms. The van der Waals surface area contributed by atoms with Crippen molar-refractivity contribution in [2.24, 2.45) is 17.6 Å². The Morgan fingerprint density at radius 2 is 1.96 bits per heavy atom. The number of rotatable bonds is 7. The molecule has 4 nitrogen and oxygen atoms in total. The number of nitrogens with zero attached hydrogens (tertiary/aromatic N) is 1. The predicted molar refractivity (Wildman–Crippen MR) is 106 cm³/mol. The lowest BCUT2D eigenvalue weighted by atomic mass is 9.95. The predicted octanol–water partition coefficient (Wildman–Crippen LogP) is 3.69. The SMILES string of the molecule is CCN(CC)Cc1cccc(NC(=O)[C@@H]2CCC[C@@H]2CN)c1.Cl.Cl. The van der Waals surface area contributed by atoms with Gasteiger partial charge in [-0.1, -0.05) is 32.4 Å². The summed E-state index contributed by atoms with van der Waals surface area (Å²) in [4.78, 5) is 14.8. The summed E-state index contributed by atoms with van der Waals surface area (Å²) in [6.07, 6.45) is 3.16. The molecule has 0 radical (unpaired) electrons. The summed E-state index contributed by atoms with van der Waals surface area (Å²) in [5, 5.41) is 3.08. The molecule has 1 saturated carbocycles. The number of nitrogens with one attached hydrogen (secondary N) is 1. The van der Waals surface area contributed by atoms with Crippen LogP contribution in [0.4, 0.5) is 5.69 Å². The third-order valence-electron chi connectivity index (χ3n) is 4.79. The Kier molecular flexibility index (Phi) is 11.3. The molecule has 3 N–H and O–H groups in total. The number of hydrogen-bond acceptors (Lipinski definition) is 3. The second-order valence-corrected chi connectivity index (χ2v) is 6.18. The van der Waals surface area contributed by atoms with E-state index in [1.807, 2.05) is 12.1 Å². The smallest absolute Gasteiger partial charge is 0.227 e. The van der Waals surface area contributed by atoms with Crippen molar-refractivity contribution in [2.45, 2.75) is 39.7 Å². The van der Waals surface area contributed by atoms with Gasteiger partial charge in [-0.25, -0.2) is 0 Å². The minimum atomic E-state index is 0. The molecule has 0 aliphatic heterocycles. The third kappa shape index (κ3) is 6.25. The fourth-order valence-corrected chi connectivity index (χ4v) is 3.35. The lowest BCUT2D eigenvalue weighted by Gasteiger charge is -2.20. The second kappa shape index (κ2) is 11.7. The van der Waals surface area contributed by atoms with Gasteiger partial charge in [0.1, 0.15) is 0 Å². The molecule has 0 bridgehead atoms. The molecule has 1 aliphatic carbocycles. The van der Waals surface area contributed by atoms with Crippen LogP contribution in [0.2, 0.25) is 0 Å². The van der Waals surface area contributed by atoms with E-state index >= 15 is 0 Å². The van der Waals surface area contributed by atoms with Crippen LogP contribution in [-0.4, -0.2) is 30.4 Å². The van der Waals surface area contributed by atoms with Crippen LogP contribution in [0.1, 0.15) is 38.7 Å². The van der Waals surface area contributed by atoms with Gasteiger partial charge in [0.05, 0.1) is 0 Å². The Bertz CT molecular complexity index is 495. The standard InChI is InChI=1S/C18H29N3O.2ClH/c1-3-21(4-2)13-14-7-5-9-16(11-14)20-18(22)17-10-6-8-15(17)12-19;;/h5,7,9,11,15,17H,3-4,6,8,10,12-13,19H2,1-2H3,(H,20,22);2*1H/t15-,17-;;/m1../s1. The van der Waals surface area contributed by atoms with Crippen LogP contribution in [0, 0.1) is 11.8 Å². The monoisotopic (exact) mass is 375 g/mol. The van der Waals surface area contributed by atoms with E-state index in [0.717, 1.165) is 44.6 Å². The molecule has 2 rings (SSSR count). The van der Waals surface area contributed by atoms with Crippen LogP contribution >= 0.6 is 24.8 Å². The van der Waals surface area contributed by atoms with Gasteiger partial charge in [0, 0.05) is 18.2 Å². The molecule has 138 valence electrons. The highest BCUT2D eigenvalue weighted by Gasteiger charge is 2.31. The molecule has 6 heteroatoms. The van der Waals surface area contributed by atoms with Crippen LogP contribution < -0.4 is 11.1 Å². The Balaban J connectivity index is 0.00000264. The Hall–Kier alpha value is -0.810. The Morgan fingerprint density at radius 3 is 2.58 bits per heavy atom. The summed E-state index contributed by atoms with van der Waals surface area (Å²) in [7, 11) is 0. The third-order valence-corrected chi connectivity index (χ3v) is 4.79. The quantitative estimate of drug-likeness (QED) is 0.763. The lowest BCUT2D eigenvalue weighted by Crippen LogP contribution is -2.29. The molecule has 1 amide bonds. The first-order valence-corrected chi connectivity index (χ1v) is 8.50. The molecule has 2 atom stereocenters. The van der Waals surface area contributed by atoms with E-state index in [1.165, 1.54) is 5.56 Å². The molecular weight excluding hydrogens is 345 g/mol. The normalized spacial score (nSPS) is 19.5. The minimum Gasteiger partial charge on any atom is -0.330 e. The summed E-state index contributed by atoms with van der Waals surface area (Å²) >= 11 is 0. The molecule has 24 heavy (non-hydrogen) atoms. The summed E-state index contributed by atoms with van der Waals surface area (Å²) in [6, 6.07) is 8.19. The summed E-state index contributed by atoms with van der Waals surface area (Å²) in [5.41, 5.74) is 7.92. The number of anilines is 1. The summed E-state index contributed by atoms with van der Waals surface area (Å²) in [6.45, 7) is 7.94. The second-order valence-electron chi connectivity index (χ2n) is 6.18. The number of amides is 1. The van der Waals surface area contributed by atoms with Gasteiger partial charge in [-0.3, -0.25) is 9.69 Å². The zero-order valence-electron chi connectivity index (χ0n) is 14.7. The van der Waals surface area contributed by atoms with Gasteiger partial charge >= 0.3 is 0 Å². The van der Waals surface area contributed by atoms with Crippen molar-refractivity contribution in [1.82, 2.24) is 4.90 Å². The van der Waals surface area contributed by atoms with Crippen LogP contribution in [-0.2, 0) is 11.3 Å². The van der Waals surface area contributed by atoms with Crippen molar-refractivity contribution in [3.8, 4) is 0 Å². The maximum Gasteiger partial charge on any atom is 0.227 e. The zero-order valence-corrected chi connectivity index (χ0v) is 16.3. The fraction of sp³-hybridized carbons (Fsp3) is 0.611. The maximum absolute atomic E-state index is 12.5. The highest BCUT2D eigenvalue weighted by Crippen LogP contribution is 2.31. The van der Waals surface area contributed by atoms with E-state index in [4.69, 9.17) is 5.73 Å². The van der Waals surface area contributed by atoms with Crippen molar-refractivity contribution >= 4 is 36.4 Å². The van der Waals surface area contributed by atoms with Gasteiger partial charge in [-0.05, 0) is 56.1 Å². The molecule has 1 fully saturated rings. The number of nitrogens with two attached hydrogens (primary N) is 1. The van der Waals surface area contributed by atoms with Gasteiger partial charge in [0.15, 0.2) is 0 Å². The fourth-order valence-electron chi connectivity index (χ4n) is 3.35. The first kappa shape index (κ1) is 23.2. The molecule has 1 aromatic carbocycles. The van der Waals surface area contributed by atoms with Gasteiger partial charge in [-0.15, -0.1) is 24.8 Å². The van der Waals surface area contributed by atoms with E-state index in [9.17, 15) is 4.79 Å². The minimum absolute atomic E-state index is 0. The van der Waals surface area contributed by atoms with Crippen LogP contribution in [0.5, 0.6) is 0 Å². The van der Waals surface area contributed by atoms with Crippen molar-refractivity contribution < 1.29 is 4.79 Å². The molecule has 0 heterocycles. The molecule has 0 unspecified atom stereocenters. The molecule has 0 aromatic heterocycles.